The summed E-state index contributed by atoms with van der Waals surface area (Å²) in [6.45, 7) is 2.38. The standard InChI is InChI=1S/C15H21NO3S2/c1-11-8-12(2-3-14(11)16)21(17,18)13-4-6-19-15(9-13)5-7-20-10-15/h2-3,8,13H,4-7,9-10,16H2,1H3. The minimum Gasteiger partial charge on any atom is -0.399 e. The number of aryl methyl sites for hydroxylation is 1. The van der Waals surface area contributed by atoms with Crippen LogP contribution in [0.3, 0.4) is 0 Å². The molecule has 0 bridgehead atoms. The van der Waals surface area contributed by atoms with Crippen LogP contribution in [0, 0.1) is 6.92 Å². The zero-order valence-corrected chi connectivity index (χ0v) is 13.8. The topological polar surface area (TPSA) is 69.4 Å². The zero-order chi connectivity index (χ0) is 15.1. The molecule has 0 aliphatic carbocycles. The lowest BCUT2D eigenvalue weighted by Crippen LogP contribution is -2.44. The summed E-state index contributed by atoms with van der Waals surface area (Å²) in [5.41, 5.74) is 7.01. The normalized spacial score (nSPS) is 29.9. The summed E-state index contributed by atoms with van der Waals surface area (Å²) in [5.74, 6) is 1.98. The van der Waals surface area contributed by atoms with Gasteiger partial charge in [0.05, 0.1) is 15.7 Å². The van der Waals surface area contributed by atoms with Gasteiger partial charge in [-0.15, -0.1) is 0 Å². The number of benzene rings is 1. The van der Waals surface area contributed by atoms with Gasteiger partial charge in [-0.05, 0) is 55.7 Å². The first-order valence-corrected chi connectivity index (χ1v) is 9.95. The summed E-state index contributed by atoms with van der Waals surface area (Å²) in [6.07, 6.45) is 2.16. The summed E-state index contributed by atoms with van der Waals surface area (Å²) in [6, 6.07) is 5.00. The smallest absolute Gasteiger partial charge is 0.181 e. The lowest BCUT2D eigenvalue weighted by Gasteiger charge is -2.37. The van der Waals surface area contributed by atoms with Crippen LogP contribution in [0.25, 0.3) is 0 Å². The molecule has 2 saturated heterocycles. The summed E-state index contributed by atoms with van der Waals surface area (Å²) >= 11 is 1.86. The molecule has 2 heterocycles. The van der Waals surface area contributed by atoms with Gasteiger partial charge in [0.2, 0.25) is 0 Å². The van der Waals surface area contributed by atoms with Crippen LogP contribution in [0.5, 0.6) is 0 Å². The lowest BCUT2D eigenvalue weighted by atomic mass is 9.93. The van der Waals surface area contributed by atoms with Crippen LogP contribution in [-0.2, 0) is 14.6 Å². The fourth-order valence-corrected chi connectivity index (χ4v) is 6.42. The third kappa shape index (κ3) is 2.81. The van der Waals surface area contributed by atoms with E-state index in [4.69, 9.17) is 10.5 Å². The zero-order valence-electron chi connectivity index (χ0n) is 12.2. The third-order valence-electron chi connectivity index (χ3n) is 4.52. The van der Waals surface area contributed by atoms with Crippen molar-refractivity contribution in [2.45, 2.75) is 41.9 Å². The van der Waals surface area contributed by atoms with E-state index in [2.05, 4.69) is 0 Å². The monoisotopic (exact) mass is 327 g/mol. The molecule has 3 rings (SSSR count). The van der Waals surface area contributed by atoms with Crippen molar-refractivity contribution in [3.8, 4) is 0 Å². The van der Waals surface area contributed by atoms with E-state index in [0.29, 0.717) is 30.0 Å². The molecule has 2 unspecified atom stereocenters. The number of ether oxygens (including phenoxy) is 1. The molecule has 0 aromatic heterocycles. The quantitative estimate of drug-likeness (QED) is 0.845. The summed E-state index contributed by atoms with van der Waals surface area (Å²) < 4.78 is 31.7. The molecule has 4 nitrogen and oxygen atoms in total. The fraction of sp³-hybridized carbons (Fsp3) is 0.600. The minimum atomic E-state index is -3.31. The Bertz CT molecular complexity index is 636. The van der Waals surface area contributed by atoms with Gasteiger partial charge in [0.25, 0.3) is 0 Å². The van der Waals surface area contributed by atoms with Crippen LogP contribution >= 0.6 is 11.8 Å². The number of hydrogen-bond donors (Lipinski definition) is 1. The van der Waals surface area contributed by atoms with E-state index in [1.807, 2.05) is 18.7 Å². The second-order valence-corrected chi connectivity index (χ2v) is 9.35. The van der Waals surface area contributed by atoms with Gasteiger partial charge in [-0.2, -0.15) is 11.8 Å². The summed E-state index contributed by atoms with van der Waals surface area (Å²) in [5, 5.41) is -0.340. The number of anilines is 1. The maximum Gasteiger partial charge on any atom is 0.181 e. The molecule has 21 heavy (non-hydrogen) atoms. The fourth-order valence-electron chi connectivity index (χ4n) is 3.13. The molecule has 116 valence electrons. The molecule has 2 aliphatic rings. The molecule has 2 aliphatic heterocycles. The van der Waals surface area contributed by atoms with Crippen molar-refractivity contribution in [3.63, 3.8) is 0 Å². The second-order valence-electron chi connectivity index (χ2n) is 6.01. The average molecular weight is 327 g/mol. The molecule has 1 spiro atoms. The summed E-state index contributed by atoms with van der Waals surface area (Å²) in [4.78, 5) is 0.391. The number of nitrogen functional groups attached to an aromatic ring is 1. The molecule has 0 radical (unpaired) electrons. The van der Waals surface area contributed by atoms with Gasteiger partial charge in [-0.25, -0.2) is 8.42 Å². The van der Waals surface area contributed by atoms with E-state index >= 15 is 0 Å². The van der Waals surface area contributed by atoms with Crippen LogP contribution in [0.1, 0.15) is 24.8 Å². The molecule has 0 saturated carbocycles. The van der Waals surface area contributed by atoms with Crippen LogP contribution in [0.2, 0.25) is 0 Å². The molecule has 6 heteroatoms. The Labute approximate surface area is 130 Å². The molecular formula is C15H21NO3S2. The molecule has 2 atom stereocenters. The van der Waals surface area contributed by atoms with Gasteiger partial charge in [-0.3, -0.25) is 0 Å². The van der Waals surface area contributed by atoms with E-state index in [-0.39, 0.29) is 10.9 Å². The predicted octanol–water partition coefficient (Wildman–Crippen LogP) is 2.41. The number of sulfone groups is 1. The Hall–Kier alpha value is -0.720. The maximum absolute atomic E-state index is 12.9. The predicted molar refractivity (Wildman–Crippen MR) is 86.4 cm³/mol. The molecule has 1 aromatic rings. The van der Waals surface area contributed by atoms with Crippen molar-refractivity contribution in [3.05, 3.63) is 23.8 Å². The highest BCUT2D eigenvalue weighted by Gasteiger charge is 2.44. The van der Waals surface area contributed by atoms with Gasteiger partial charge in [-0.1, -0.05) is 0 Å². The number of rotatable bonds is 2. The van der Waals surface area contributed by atoms with Gasteiger partial charge in [0, 0.05) is 18.0 Å². The molecule has 0 amide bonds. The van der Waals surface area contributed by atoms with Crippen LogP contribution in [0.4, 0.5) is 5.69 Å². The minimum absolute atomic E-state index is 0.219. The molecule has 2 fully saturated rings. The van der Waals surface area contributed by atoms with Crippen LogP contribution in [0.15, 0.2) is 23.1 Å². The largest absolute Gasteiger partial charge is 0.399 e. The van der Waals surface area contributed by atoms with E-state index in [0.717, 1.165) is 23.5 Å². The van der Waals surface area contributed by atoms with Crippen molar-refractivity contribution in [1.82, 2.24) is 0 Å². The van der Waals surface area contributed by atoms with Crippen molar-refractivity contribution < 1.29 is 13.2 Å². The van der Waals surface area contributed by atoms with Crippen molar-refractivity contribution in [2.75, 3.05) is 23.8 Å². The molecule has 1 aromatic carbocycles. The van der Waals surface area contributed by atoms with Crippen molar-refractivity contribution >= 4 is 27.3 Å². The first kappa shape index (κ1) is 15.2. The van der Waals surface area contributed by atoms with Gasteiger partial charge in [0.15, 0.2) is 9.84 Å². The highest BCUT2D eigenvalue weighted by molar-refractivity contribution is 7.99. The third-order valence-corrected chi connectivity index (χ3v) is 7.94. The Morgan fingerprint density at radius 3 is 2.90 bits per heavy atom. The lowest BCUT2D eigenvalue weighted by molar-refractivity contribution is -0.0572. The van der Waals surface area contributed by atoms with Crippen LogP contribution < -0.4 is 5.73 Å². The van der Waals surface area contributed by atoms with Crippen LogP contribution in [-0.4, -0.2) is 37.4 Å². The van der Waals surface area contributed by atoms with Crippen molar-refractivity contribution in [2.24, 2.45) is 0 Å². The molecular weight excluding hydrogens is 306 g/mol. The van der Waals surface area contributed by atoms with Gasteiger partial charge >= 0.3 is 0 Å². The first-order valence-electron chi connectivity index (χ1n) is 7.25. The second kappa shape index (κ2) is 5.48. The highest BCUT2D eigenvalue weighted by atomic mass is 32.2. The van der Waals surface area contributed by atoms with E-state index < -0.39 is 9.84 Å². The van der Waals surface area contributed by atoms with E-state index in [1.54, 1.807) is 18.2 Å². The Morgan fingerprint density at radius 2 is 2.24 bits per heavy atom. The van der Waals surface area contributed by atoms with Gasteiger partial charge < -0.3 is 10.5 Å². The molecule has 2 N–H and O–H groups in total. The first-order chi connectivity index (χ1) is 9.93. The maximum atomic E-state index is 12.9. The summed E-state index contributed by atoms with van der Waals surface area (Å²) in [7, 11) is -3.31. The average Bonchev–Trinajstić information content (AvgIpc) is 2.89. The SMILES string of the molecule is Cc1cc(S(=O)(=O)C2CCOC3(CCSC3)C2)ccc1N. The van der Waals surface area contributed by atoms with E-state index in [1.165, 1.54) is 0 Å². The Kier molecular flexibility index (Phi) is 3.96. The number of thioether (sulfide) groups is 1. The highest BCUT2D eigenvalue weighted by Crippen LogP contribution is 2.41. The van der Waals surface area contributed by atoms with E-state index in [9.17, 15) is 8.42 Å². The Balaban J connectivity index is 1.88. The number of nitrogens with two attached hydrogens (primary N) is 1. The number of hydrogen-bond acceptors (Lipinski definition) is 5. The van der Waals surface area contributed by atoms with Gasteiger partial charge in [0.1, 0.15) is 0 Å². The van der Waals surface area contributed by atoms with Crippen molar-refractivity contribution in [1.29, 1.82) is 0 Å². The Morgan fingerprint density at radius 1 is 1.43 bits per heavy atom.